The highest BCUT2D eigenvalue weighted by atomic mass is 16.1. The minimum Gasteiger partial charge on any atom is -0.355 e. The summed E-state index contributed by atoms with van der Waals surface area (Å²) < 4.78 is 0. The maximum absolute atomic E-state index is 13.1. The lowest BCUT2D eigenvalue weighted by Gasteiger charge is -2.55. The molecule has 5 rings (SSSR count). The van der Waals surface area contributed by atoms with E-state index in [4.69, 9.17) is 0 Å². The van der Waals surface area contributed by atoms with Crippen LogP contribution in [-0.4, -0.2) is 28.1 Å². The molecule has 4 fully saturated rings. The van der Waals surface area contributed by atoms with Crippen LogP contribution in [0, 0.1) is 31.6 Å². The lowest BCUT2D eigenvalue weighted by atomic mass is 9.53. The van der Waals surface area contributed by atoms with Crippen LogP contribution in [0.2, 0.25) is 0 Å². The van der Waals surface area contributed by atoms with Crippen molar-refractivity contribution in [2.24, 2.45) is 17.8 Å². The van der Waals surface area contributed by atoms with Crippen molar-refractivity contribution < 1.29 is 14.9 Å². The molecular weight excluding hydrogens is 312 g/mol. The molecule has 4 nitrogen and oxygen atoms in total. The topological polar surface area (TPSA) is 66.5 Å². The number of carbonyl (C=O) groups excluding carboxylic acids is 2. The molecule has 0 aromatic carbocycles. The fourth-order valence-electron chi connectivity index (χ4n) is 6.74. The van der Waals surface area contributed by atoms with E-state index in [0.717, 1.165) is 29.0 Å². The molecule has 0 radical (unpaired) electrons. The van der Waals surface area contributed by atoms with Gasteiger partial charge >= 0.3 is 0 Å². The minimum absolute atomic E-state index is 0.0306. The summed E-state index contributed by atoms with van der Waals surface area (Å²) in [6.07, 6.45) is 8.14. The van der Waals surface area contributed by atoms with Gasteiger partial charge in [-0.15, -0.1) is 0 Å². The SMILES string of the molecule is CC(=O)c1c(C)[nH]c(C(=O)[C@@H](C)[NH2+]C23CC4CC(CC(C4)C2)C3)c1C. The van der Waals surface area contributed by atoms with Gasteiger partial charge in [-0.1, -0.05) is 0 Å². The third-order valence-corrected chi connectivity index (χ3v) is 7.14. The predicted octanol–water partition coefficient (Wildman–Crippen LogP) is 2.94. The summed E-state index contributed by atoms with van der Waals surface area (Å²) in [6, 6.07) is -0.0900. The van der Waals surface area contributed by atoms with Crippen LogP contribution in [-0.2, 0) is 0 Å². The van der Waals surface area contributed by atoms with Crippen LogP contribution in [0.4, 0.5) is 0 Å². The van der Waals surface area contributed by atoms with Gasteiger partial charge in [-0.3, -0.25) is 9.59 Å². The van der Waals surface area contributed by atoms with E-state index in [1.165, 1.54) is 38.5 Å². The molecule has 4 aliphatic carbocycles. The van der Waals surface area contributed by atoms with E-state index in [1.54, 1.807) is 6.92 Å². The Bertz CT molecular complexity index is 695. The van der Waals surface area contributed by atoms with E-state index in [0.29, 0.717) is 16.8 Å². The molecule has 0 saturated heterocycles. The fraction of sp³-hybridized carbons (Fsp3) is 0.714. The Kier molecular flexibility index (Phi) is 3.95. The number of quaternary nitrogens is 1. The summed E-state index contributed by atoms with van der Waals surface area (Å²) in [7, 11) is 0. The zero-order valence-electron chi connectivity index (χ0n) is 15.9. The number of hydrogen-bond donors (Lipinski definition) is 2. The Labute approximate surface area is 150 Å². The van der Waals surface area contributed by atoms with Gasteiger partial charge in [0.25, 0.3) is 0 Å². The number of carbonyl (C=O) groups is 2. The molecule has 3 N–H and O–H groups in total. The molecule has 4 bridgehead atoms. The van der Waals surface area contributed by atoms with Gasteiger partial charge in [0.15, 0.2) is 5.78 Å². The van der Waals surface area contributed by atoms with Gasteiger partial charge in [0.2, 0.25) is 5.78 Å². The number of aromatic nitrogens is 1. The second kappa shape index (κ2) is 5.80. The van der Waals surface area contributed by atoms with Crippen molar-refractivity contribution in [3.05, 3.63) is 22.5 Å². The van der Waals surface area contributed by atoms with Gasteiger partial charge in [0.1, 0.15) is 6.04 Å². The van der Waals surface area contributed by atoms with Crippen molar-refractivity contribution >= 4 is 11.6 Å². The monoisotopic (exact) mass is 343 g/mol. The predicted molar refractivity (Wildman–Crippen MR) is 96.9 cm³/mol. The minimum atomic E-state index is -0.0900. The molecule has 0 spiro atoms. The third-order valence-electron chi connectivity index (χ3n) is 7.14. The number of rotatable bonds is 5. The van der Waals surface area contributed by atoms with Gasteiger partial charge < -0.3 is 10.3 Å². The number of ketones is 2. The maximum atomic E-state index is 13.1. The molecule has 1 heterocycles. The third kappa shape index (κ3) is 2.79. The Morgan fingerprint density at radius 1 is 1.08 bits per heavy atom. The highest BCUT2D eigenvalue weighted by molar-refractivity contribution is 6.04. The average Bonchev–Trinajstić information content (AvgIpc) is 2.79. The van der Waals surface area contributed by atoms with Crippen LogP contribution in [0.15, 0.2) is 0 Å². The zero-order valence-corrected chi connectivity index (χ0v) is 15.9. The van der Waals surface area contributed by atoms with Crippen LogP contribution >= 0.6 is 0 Å². The number of hydrogen-bond acceptors (Lipinski definition) is 2. The first kappa shape index (κ1) is 17.0. The smallest absolute Gasteiger partial charge is 0.235 e. The first-order chi connectivity index (χ1) is 11.8. The maximum Gasteiger partial charge on any atom is 0.235 e. The second-order valence-corrected chi connectivity index (χ2v) is 9.28. The quantitative estimate of drug-likeness (QED) is 0.807. The van der Waals surface area contributed by atoms with Crippen LogP contribution in [0.1, 0.15) is 84.5 Å². The van der Waals surface area contributed by atoms with Crippen LogP contribution in [0.25, 0.3) is 0 Å². The largest absolute Gasteiger partial charge is 0.355 e. The van der Waals surface area contributed by atoms with E-state index < -0.39 is 0 Å². The van der Waals surface area contributed by atoms with Gasteiger partial charge in [-0.2, -0.15) is 0 Å². The number of aryl methyl sites for hydroxylation is 1. The molecule has 4 saturated carbocycles. The summed E-state index contributed by atoms with van der Waals surface area (Å²) in [5.74, 6) is 2.85. The fourth-order valence-corrected chi connectivity index (χ4v) is 6.74. The van der Waals surface area contributed by atoms with Crippen LogP contribution in [0.3, 0.4) is 0 Å². The van der Waals surface area contributed by atoms with Crippen LogP contribution < -0.4 is 5.32 Å². The van der Waals surface area contributed by atoms with Crippen molar-refractivity contribution in [1.29, 1.82) is 0 Å². The number of Topliss-reactive ketones (excluding diaryl/α,β-unsaturated/α-hetero) is 2. The Balaban J connectivity index is 1.54. The van der Waals surface area contributed by atoms with E-state index in [9.17, 15) is 9.59 Å². The standard InChI is InChI=1S/C21H30N2O2/c1-11-18(14(4)24)12(2)22-19(11)20(25)13(3)23-21-8-15-5-16(9-21)7-17(6-15)10-21/h13,15-17,22-23H,5-10H2,1-4H3/p+1/t13-,15?,16?,17?,21?/m1/s1. The van der Waals surface area contributed by atoms with Gasteiger partial charge in [-0.25, -0.2) is 0 Å². The summed E-state index contributed by atoms with van der Waals surface area (Å²) in [5, 5.41) is 2.39. The van der Waals surface area contributed by atoms with Crippen molar-refractivity contribution in [2.75, 3.05) is 0 Å². The molecule has 0 amide bonds. The zero-order chi connectivity index (χ0) is 17.9. The summed E-state index contributed by atoms with van der Waals surface area (Å²) in [4.78, 5) is 28.1. The molecular formula is C21H31N2O2+. The molecule has 1 aromatic heterocycles. The lowest BCUT2D eigenvalue weighted by Crippen LogP contribution is -3.03. The molecule has 0 aliphatic heterocycles. The lowest BCUT2D eigenvalue weighted by molar-refractivity contribution is -0.753. The number of H-pyrrole nitrogens is 1. The Morgan fingerprint density at radius 3 is 2.04 bits per heavy atom. The molecule has 0 unspecified atom stereocenters. The van der Waals surface area contributed by atoms with Gasteiger partial charge in [0, 0.05) is 30.5 Å². The Hall–Kier alpha value is -1.42. The molecule has 25 heavy (non-hydrogen) atoms. The van der Waals surface area contributed by atoms with Crippen molar-refractivity contribution in [1.82, 2.24) is 4.98 Å². The van der Waals surface area contributed by atoms with E-state index in [1.807, 2.05) is 20.8 Å². The highest BCUT2D eigenvalue weighted by Gasteiger charge is 2.54. The second-order valence-electron chi connectivity index (χ2n) is 9.28. The molecule has 1 aromatic rings. The molecule has 4 heteroatoms. The summed E-state index contributed by atoms with van der Waals surface area (Å²) >= 11 is 0. The first-order valence-electron chi connectivity index (χ1n) is 9.88. The number of nitrogens with one attached hydrogen (secondary N) is 1. The molecule has 136 valence electrons. The number of aromatic amines is 1. The average molecular weight is 343 g/mol. The Morgan fingerprint density at radius 2 is 1.60 bits per heavy atom. The van der Waals surface area contributed by atoms with E-state index in [-0.39, 0.29) is 17.6 Å². The van der Waals surface area contributed by atoms with Crippen molar-refractivity contribution in [3.8, 4) is 0 Å². The van der Waals surface area contributed by atoms with Crippen molar-refractivity contribution in [3.63, 3.8) is 0 Å². The van der Waals surface area contributed by atoms with Crippen LogP contribution in [0.5, 0.6) is 0 Å². The summed E-state index contributed by atoms with van der Waals surface area (Å²) in [5.41, 5.74) is 3.25. The first-order valence-corrected chi connectivity index (χ1v) is 9.88. The van der Waals surface area contributed by atoms with Gasteiger partial charge in [0.05, 0.1) is 11.2 Å². The summed E-state index contributed by atoms with van der Waals surface area (Å²) in [6.45, 7) is 7.39. The van der Waals surface area contributed by atoms with E-state index in [2.05, 4.69) is 10.3 Å². The normalized spacial score (nSPS) is 34.3. The number of nitrogens with two attached hydrogens (primary N) is 1. The van der Waals surface area contributed by atoms with Gasteiger partial charge in [-0.05, 0) is 70.3 Å². The molecule has 1 atom stereocenters. The highest BCUT2D eigenvalue weighted by Crippen LogP contribution is 2.54. The van der Waals surface area contributed by atoms with Crippen molar-refractivity contribution in [2.45, 2.75) is 77.8 Å². The van der Waals surface area contributed by atoms with E-state index >= 15 is 0 Å². The molecule has 4 aliphatic rings.